The van der Waals surface area contributed by atoms with Gasteiger partial charge in [-0.25, -0.2) is 0 Å². The third-order valence-corrected chi connectivity index (χ3v) is 6.82. The van der Waals surface area contributed by atoms with Gasteiger partial charge in [-0.05, 0) is 43.0 Å². The molecule has 3 heterocycles. The summed E-state index contributed by atoms with van der Waals surface area (Å²) < 4.78 is 5.53. The number of aromatic nitrogens is 1. The molecule has 5 rings (SSSR count). The predicted octanol–water partition coefficient (Wildman–Crippen LogP) is 2.45. The third kappa shape index (κ3) is 3.11. The first-order chi connectivity index (χ1) is 13.2. The number of ether oxygens (including phenoxy) is 1. The summed E-state index contributed by atoms with van der Waals surface area (Å²) in [7, 11) is 0. The molecule has 0 saturated carbocycles. The maximum atomic E-state index is 6.47. The van der Waals surface area contributed by atoms with E-state index in [-0.39, 0.29) is 0 Å². The number of hydrogen-bond donors (Lipinski definition) is 2. The molecule has 3 aliphatic rings. The van der Waals surface area contributed by atoms with Gasteiger partial charge in [-0.3, -0.25) is 9.80 Å². The van der Waals surface area contributed by atoms with Gasteiger partial charge in [0.15, 0.2) is 0 Å². The molecule has 2 aliphatic heterocycles. The first-order valence-electron chi connectivity index (χ1n) is 10.7. The van der Waals surface area contributed by atoms with Gasteiger partial charge < -0.3 is 15.5 Å². The predicted molar refractivity (Wildman–Crippen MR) is 109 cm³/mol. The minimum absolute atomic E-state index is 0.293. The van der Waals surface area contributed by atoms with Crippen molar-refractivity contribution in [3.63, 3.8) is 0 Å². The zero-order valence-electron chi connectivity index (χ0n) is 16.4. The first kappa shape index (κ1) is 17.7. The van der Waals surface area contributed by atoms with Crippen LogP contribution in [0.4, 0.5) is 0 Å². The van der Waals surface area contributed by atoms with E-state index in [9.17, 15) is 0 Å². The molecule has 5 heteroatoms. The molecular weight excluding hydrogens is 336 g/mol. The van der Waals surface area contributed by atoms with Crippen LogP contribution in [0.2, 0.25) is 0 Å². The molecule has 1 aromatic carbocycles. The van der Waals surface area contributed by atoms with E-state index in [1.54, 1.807) is 5.56 Å². The van der Waals surface area contributed by atoms with Crippen LogP contribution in [0.3, 0.4) is 0 Å². The van der Waals surface area contributed by atoms with Gasteiger partial charge in [0, 0.05) is 60.8 Å². The Morgan fingerprint density at radius 1 is 1.26 bits per heavy atom. The number of nitrogens with one attached hydrogen (secondary N) is 1. The van der Waals surface area contributed by atoms with Crippen molar-refractivity contribution in [1.29, 1.82) is 0 Å². The topological polar surface area (TPSA) is 57.5 Å². The first-order valence-corrected chi connectivity index (χ1v) is 10.7. The fourth-order valence-electron chi connectivity index (χ4n) is 5.66. The van der Waals surface area contributed by atoms with E-state index in [0.717, 1.165) is 58.8 Å². The van der Waals surface area contributed by atoms with Crippen LogP contribution in [0.1, 0.15) is 42.5 Å². The number of likely N-dealkylation sites (tertiary alicyclic amines) is 1. The van der Waals surface area contributed by atoms with Gasteiger partial charge in [-0.15, -0.1) is 0 Å². The Balaban J connectivity index is 1.54. The molecule has 2 aromatic rings. The number of rotatable bonds is 4. The van der Waals surface area contributed by atoms with Crippen LogP contribution in [-0.2, 0) is 17.7 Å². The van der Waals surface area contributed by atoms with Crippen LogP contribution >= 0.6 is 0 Å². The highest BCUT2D eigenvalue weighted by atomic mass is 16.5. The number of nitrogens with zero attached hydrogens (tertiary/aromatic N) is 2. The van der Waals surface area contributed by atoms with Gasteiger partial charge in [0.25, 0.3) is 0 Å². The molecule has 0 radical (unpaired) electrons. The Kier molecular flexibility index (Phi) is 4.72. The highest BCUT2D eigenvalue weighted by Crippen LogP contribution is 2.44. The Bertz CT molecular complexity index is 810. The molecule has 5 nitrogen and oxygen atoms in total. The van der Waals surface area contributed by atoms with Gasteiger partial charge >= 0.3 is 0 Å². The van der Waals surface area contributed by atoms with Gasteiger partial charge in [0.1, 0.15) is 0 Å². The van der Waals surface area contributed by atoms with E-state index >= 15 is 0 Å². The van der Waals surface area contributed by atoms with Crippen molar-refractivity contribution in [3.05, 3.63) is 35.0 Å². The fraction of sp³-hybridized carbons (Fsp3) is 0.636. The summed E-state index contributed by atoms with van der Waals surface area (Å²) >= 11 is 0. The molecule has 0 amide bonds. The Labute approximate surface area is 161 Å². The smallest absolute Gasteiger partial charge is 0.0594 e. The average molecular weight is 369 g/mol. The largest absolute Gasteiger partial charge is 0.379 e. The van der Waals surface area contributed by atoms with E-state index in [1.165, 1.54) is 28.6 Å². The lowest BCUT2D eigenvalue weighted by Crippen LogP contribution is -2.54. The minimum Gasteiger partial charge on any atom is -0.379 e. The monoisotopic (exact) mass is 368 g/mol. The molecule has 27 heavy (non-hydrogen) atoms. The lowest BCUT2D eigenvalue weighted by molar-refractivity contribution is 0.0335. The number of piperidine rings is 1. The summed E-state index contributed by atoms with van der Waals surface area (Å²) in [5.41, 5.74) is 12.3. The molecule has 1 aromatic heterocycles. The van der Waals surface area contributed by atoms with Gasteiger partial charge in [0.05, 0.1) is 13.2 Å². The average Bonchev–Trinajstić information content (AvgIpc) is 3.02. The summed E-state index contributed by atoms with van der Waals surface area (Å²) in [5, 5.41) is 1.49. The van der Waals surface area contributed by atoms with Crippen LogP contribution in [-0.4, -0.2) is 66.3 Å². The van der Waals surface area contributed by atoms with E-state index in [0.29, 0.717) is 18.0 Å². The third-order valence-electron chi connectivity index (χ3n) is 6.82. The summed E-state index contributed by atoms with van der Waals surface area (Å²) in [6.07, 6.45) is 3.47. The normalized spacial score (nSPS) is 29.2. The van der Waals surface area contributed by atoms with Crippen LogP contribution in [0.5, 0.6) is 0 Å². The molecule has 0 unspecified atom stereocenters. The summed E-state index contributed by atoms with van der Waals surface area (Å²) in [6.45, 7) is 9.27. The van der Waals surface area contributed by atoms with E-state index in [4.69, 9.17) is 10.5 Å². The Hall–Kier alpha value is -1.40. The Morgan fingerprint density at radius 3 is 2.93 bits per heavy atom. The van der Waals surface area contributed by atoms with E-state index in [2.05, 4.69) is 39.9 Å². The van der Waals surface area contributed by atoms with Crippen molar-refractivity contribution in [2.75, 3.05) is 39.4 Å². The SMILES string of the molecule is CCCN1C[C@@H](N)C[C@@H]2c3cccc4[nH]c(CN5CCOCC5)c(c34)C[C@H]21. The molecule has 0 spiro atoms. The maximum absolute atomic E-state index is 6.47. The molecule has 2 fully saturated rings. The second kappa shape index (κ2) is 7.21. The fourth-order valence-corrected chi connectivity index (χ4v) is 5.66. The lowest BCUT2D eigenvalue weighted by Gasteiger charge is -2.46. The highest BCUT2D eigenvalue weighted by molar-refractivity contribution is 5.89. The zero-order chi connectivity index (χ0) is 18.4. The molecule has 3 N–H and O–H groups in total. The second-order valence-electron chi connectivity index (χ2n) is 8.61. The summed E-state index contributed by atoms with van der Waals surface area (Å²) in [5.74, 6) is 0.573. The zero-order valence-corrected chi connectivity index (χ0v) is 16.4. The minimum atomic E-state index is 0.293. The van der Waals surface area contributed by atoms with Gasteiger partial charge in [-0.2, -0.15) is 0 Å². The van der Waals surface area contributed by atoms with Crippen LogP contribution in [0.15, 0.2) is 18.2 Å². The van der Waals surface area contributed by atoms with Crippen LogP contribution in [0.25, 0.3) is 10.9 Å². The summed E-state index contributed by atoms with van der Waals surface area (Å²) in [4.78, 5) is 8.98. The number of fused-ring (bicyclic) bond motifs is 2. The van der Waals surface area contributed by atoms with Crippen molar-refractivity contribution in [1.82, 2.24) is 14.8 Å². The highest BCUT2D eigenvalue weighted by Gasteiger charge is 2.40. The number of benzene rings is 1. The van der Waals surface area contributed by atoms with Crippen molar-refractivity contribution in [3.8, 4) is 0 Å². The number of morpholine rings is 1. The van der Waals surface area contributed by atoms with Crippen LogP contribution < -0.4 is 5.73 Å². The molecule has 0 bridgehead atoms. The maximum Gasteiger partial charge on any atom is 0.0594 e. The Morgan fingerprint density at radius 2 is 2.11 bits per heavy atom. The number of aromatic amines is 1. The van der Waals surface area contributed by atoms with Crippen molar-refractivity contribution in [2.24, 2.45) is 5.73 Å². The number of nitrogens with two attached hydrogens (primary N) is 1. The van der Waals surface area contributed by atoms with E-state index < -0.39 is 0 Å². The summed E-state index contributed by atoms with van der Waals surface area (Å²) in [6, 6.07) is 7.72. The lowest BCUT2D eigenvalue weighted by atomic mass is 9.73. The van der Waals surface area contributed by atoms with Crippen molar-refractivity contribution < 1.29 is 4.74 Å². The van der Waals surface area contributed by atoms with Crippen molar-refractivity contribution in [2.45, 2.75) is 50.7 Å². The quantitative estimate of drug-likeness (QED) is 0.870. The standard InChI is InChI=1S/C22H32N4O/c1-2-6-26-13-15(23)11-17-16-4-3-5-19-22(16)18(12-21(17)26)20(24-19)14-25-7-9-27-10-8-25/h3-5,15,17,21,24H,2,6-14,23H2,1H3/t15-,17+,21+/m0/s1. The van der Waals surface area contributed by atoms with E-state index in [1.807, 2.05) is 0 Å². The molecular formula is C22H32N4O. The number of hydrogen-bond acceptors (Lipinski definition) is 4. The number of H-pyrrole nitrogens is 1. The van der Waals surface area contributed by atoms with Gasteiger partial charge in [0.2, 0.25) is 0 Å². The molecule has 146 valence electrons. The second-order valence-corrected chi connectivity index (χ2v) is 8.61. The molecule has 2 saturated heterocycles. The molecule has 3 atom stereocenters. The molecule has 1 aliphatic carbocycles. The van der Waals surface area contributed by atoms with Crippen LogP contribution in [0, 0.1) is 0 Å². The van der Waals surface area contributed by atoms with Gasteiger partial charge in [-0.1, -0.05) is 19.1 Å². The van der Waals surface area contributed by atoms with Crippen molar-refractivity contribution >= 4 is 10.9 Å².